The van der Waals surface area contributed by atoms with Crippen molar-refractivity contribution in [2.75, 3.05) is 13.1 Å². The van der Waals surface area contributed by atoms with Crippen molar-refractivity contribution in [2.24, 2.45) is 0 Å². The van der Waals surface area contributed by atoms with Gasteiger partial charge in [-0.25, -0.2) is 0 Å². The molecular formula is C33H34ClN3O3. The molecule has 2 saturated heterocycles. The lowest BCUT2D eigenvalue weighted by atomic mass is 9.89. The number of likely N-dealkylation sites (tertiary alicyclic amines) is 1. The fourth-order valence-electron chi connectivity index (χ4n) is 6.09. The van der Waals surface area contributed by atoms with Crippen LogP contribution >= 0.6 is 11.6 Å². The summed E-state index contributed by atoms with van der Waals surface area (Å²) in [6.07, 6.45) is 3.59. The second-order valence-corrected chi connectivity index (χ2v) is 11.5. The van der Waals surface area contributed by atoms with Crippen molar-refractivity contribution in [2.45, 2.75) is 57.3 Å². The van der Waals surface area contributed by atoms with Crippen LogP contribution in [0.25, 0.3) is 0 Å². The van der Waals surface area contributed by atoms with Crippen LogP contribution in [0.5, 0.6) is 5.75 Å². The molecule has 7 heteroatoms. The number of fused-ring (bicyclic) bond motifs is 1. The molecule has 3 aromatic rings. The average Bonchev–Trinajstić information content (AvgIpc) is 3.30. The van der Waals surface area contributed by atoms with Gasteiger partial charge in [0, 0.05) is 28.4 Å². The molecule has 0 aromatic heterocycles. The fraction of sp³-hybridized carbons (Fsp3) is 0.333. The summed E-state index contributed by atoms with van der Waals surface area (Å²) in [6, 6.07) is 22.0. The first kappa shape index (κ1) is 26.6. The quantitative estimate of drug-likeness (QED) is 0.386. The van der Waals surface area contributed by atoms with E-state index in [4.69, 9.17) is 16.3 Å². The molecule has 206 valence electrons. The zero-order chi connectivity index (χ0) is 27.6. The van der Waals surface area contributed by atoms with Gasteiger partial charge in [-0.15, -0.1) is 0 Å². The van der Waals surface area contributed by atoms with Crippen molar-refractivity contribution in [1.82, 2.24) is 15.1 Å². The number of nitrogens with one attached hydrogen (secondary N) is 1. The largest absolute Gasteiger partial charge is 0.489 e. The van der Waals surface area contributed by atoms with E-state index in [2.05, 4.69) is 53.2 Å². The second-order valence-electron chi connectivity index (χ2n) is 11.1. The van der Waals surface area contributed by atoms with E-state index in [9.17, 15) is 9.59 Å². The Labute approximate surface area is 240 Å². The monoisotopic (exact) mass is 555 g/mol. The van der Waals surface area contributed by atoms with Crippen LogP contribution in [0.4, 0.5) is 0 Å². The number of carbonyl (C=O) groups excluding carboxylic acids is 2. The number of amides is 2. The summed E-state index contributed by atoms with van der Waals surface area (Å²) >= 11 is 6.05. The van der Waals surface area contributed by atoms with Gasteiger partial charge in [-0.05, 0) is 85.6 Å². The lowest BCUT2D eigenvalue weighted by Gasteiger charge is -2.32. The summed E-state index contributed by atoms with van der Waals surface area (Å²) in [5.74, 6) is 1.02. The number of hydrogen-bond donors (Lipinski definition) is 1. The Kier molecular flexibility index (Phi) is 7.63. The Morgan fingerprint density at radius 3 is 2.38 bits per heavy atom. The van der Waals surface area contributed by atoms with Crippen LogP contribution in [-0.4, -0.2) is 40.7 Å². The molecule has 6 nitrogen and oxygen atoms in total. The first-order valence-corrected chi connectivity index (χ1v) is 14.4. The third-order valence-corrected chi connectivity index (χ3v) is 8.66. The molecule has 0 aliphatic carbocycles. The minimum atomic E-state index is -0.478. The summed E-state index contributed by atoms with van der Waals surface area (Å²) in [7, 11) is 0. The number of piperidine rings is 2. The number of ether oxygens (including phenoxy) is 1. The molecule has 2 fully saturated rings. The van der Waals surface area contributed by atoms with Crippen molar-refractivity contribution in [1.29, 1.82) is 0 Å². The Bertz CT molecular complexity index is 1410. The van der Waals surface area contributed by atoms with E-state index in [1.165, 1.54) is 11.1 Å². The Balaban J connectivity index is 1.03. The van der Waals surface area contributed by atoms with Gasteiger partial charge >= 0.3 is 0 Å². The van der Waals surface area contributed by atoms with Gasteiger partial charge in [0.2, 0.25) is 5.91 Å². The zero-order valence-electron chi connectivity index (χ0n) is 22.6. The molecule has 0 spiro atoms. The Hall–Kier alpha value is -3.61. The minimum absolute atomic E-state index is 0.116. The Morgan fingerprint density at radius 2 is 1.65 bits per heavy atom. The molecule has 40 heavy (non-hydrogen) atoms. The van der Waals surface area contributed by atoms with Crippen LogP contribution < -0.4 is 10.1 Å². The van der Waals surface area contributed by atoms with Crippen LogP contribution in [0.15, 0.2) is 79.0 Å². The first-order chi connectivity index (χ1) is 19.4. The molecule has 2 amide bonds. The van der Waals surface area contributed by atoms with Crippen LogP contribution in [0.3, 0.4) is 0 Å². The molecule has 1 unspecified atom stereocenters. The minimum Gasteiger partial charge on any atom is -0.489 e. The molecular weight excluding hydrogens is 522 g/mol. The Morgan fingerprint density at radius 1 is 0.925 bits per heavy atom. The summed E-state index contributed by atoms with van der Waals surface area (Å²) in [5, 5.41) is 3.58. The predicted octanol–water partition coefficient (Wildman–Crippen LogP) is 6.05. The first-order valence-electron chi connectivity index (χ1n) is 14.0. The maximum Gasteiger partial charge on any atom is 0.255 e. The summed E-state index contributed by atoms with van der Waals surface area (Å²) in [4.78, 5) is 29.8. The zero-order valence-corrected chi connectivity index (χ0v) is 23.3. The van der Waals surface area contributed by atoms with E-state index in [-0.39, 0.29) is 11.8 Å². The fourth-order valence-corrected chi connectivity index (χ4v) is 6.22. The topological polar surface area (TPSA) is 61.9 Å². The third-order valence-electron chi connectivity index (χ3n) is 8.40. The van der Waals surface area contributed by atoms with E-state index in [1.807, 2.05) is 30.3 Å². The van der Waals surface area contributed by atoms with Gasteiger partial charge in [0.25, 0.3) is 5.91 Å². The van der Waals surface area contributed by atoms with E-state index in [0.717, 1.165) is 48.6 Å². The van der Waals surface area contributed by atoms with Gasteiger partial charge in [0.1, 0.15) is 18.4 Å². The summed E-state index contributed by atoms with van der Waals surface area (Å²) < 4.78 is 6.20. The molecule has 3 aliphatic rings. The lowest BCUT2D eigenvalue weighted by molar-refractivity contribution is -0.126. The van der Waals surface area contributed by atoms with Gasteiger partial charge in [0.15, 0.2) is 0 Å². The smallest absolute Gasteiger partial charge is 0.255 e. The standard InChI is InChI=1S/C33H34ClN3O3/c1-22-5-14-30(32(38)35-22)37-20-29-28(33(37)39)3-2-4-31(29)40-21-24-8-6-23(7-9-24)19-36-17-15-26(16-18-36)25-10-12-27(34)13-11-25/h2-4,6-13,26,30H,1,5,14-21H2,(H,35,38). The van der Waals surface area contributed by atoms with Crippen molar-refractivity contribution in [3.63, 3.8) is 0 Å². The lowest BCUT2D eigenvalue weighted by Crippen LogP contribution is -2.49. The maximum atomic E-state index is 13.1. The van der Waals surface area contributed by atoms with E-state index in [1.54, 1.807) is 4.90 Å². The van der Waals surface area contributed by atoms with Gasteiger partial charge in [-0.3, -0.25) is 14.5 Å². The number of benzene rings is 3. The van der Waals surface area contributed by atoms with Crippen molar-refractivity contribution < 1.29 is 14.3 Å². The molecule has 1 atom stereocenters. The average molecular weight is 556 g/mol. The second kappa shape index (κ2) is 11.5. The highest BCUT2D eigenvalue weighted by Gasteiger charge is 2.39. The highest BCUT2D eigenvalue weighted by molar-refractivity contribution is 6.30. The van der Waals surface area contributed by atoms with Crippen LogP contribution in [0.1, 0.15) is 64.2 Å². The normalized spacial score (nSPS) is 20.0. The number of rotatable bonds is 7. The van der Waals surface area contributed by atoms with Crippen molar-refractivity contribution >= 4 is 23.4 Å². The van der Waals surface area contributed by atoms with Gasteiger partial charge in [0.05, 0.1) is 6.54 Å². The highest BCUT2D eigenvalue weighted by atomic mass is 35.5. The van der Waals surface area contributed by atoms with E-state index in [0.29, 0.717) is 48.9 Å². The van der Waals surface area contributed by atoms with E-state index < -0.39 is 6.04 Å². The van der Waals surface area contributed by atoms with Crippen LogP contribution in [-0.2, 0) is 24.5 Å². The summed E-state index contributed by atoms with van der Waals surface area (Å²) in [6.45, 7) is 7.76. The van der Waals surface area contributed by atoms with E-state index >= 15 is 0 Å². The predicted molar refractivity (Wildman–Crippen MR) is 156 cm³/mol. The van der Waals surface area contributed by atoms with Crippen LogP contribution in [0, 0.1) is 0 Å². The number of allylic oxidation sites excluding steroid dienone is 1. The molecule has 3 heterocycles. The highest BCUT2D eigenvalue weighted by Crippen LogP contribution is 2.34. The number of nitrogens with zero attached hydrogens (tertiary/aromatic N) is 2. The van der Waals surface area contributed by atoms with Gasteiger partial charge in [-0.2, -0.15) is 0 Å². The number of carbonyl (C=O) groups is 2. The maximum absolute atomic E-state index is 13.1. The molecule has 0 radical (unpaired) electrons. The molecule has 1 N–H and O–H groups in total. The number of halogens is 1. The van der Waals surface area contributed by atoms with Gasteiger partial charge in [-0.1, -0.05) is 60.6 Å². The van der Waals surface area contributed by atoms with Crippen molar-refractivity contribution in [3.8, 4) is 5.75 Å². The SMILES string of the molecule is C=C1CCC(N2Cc3c(OCc4ccc(CN5CCC(c6ccc(Cl)cc6)CC5)cc4)cccc3C2=O)C(=O)N1. The molecule has 3 aliphatic heterocycles. The number of hydrogen-bond acceptors (Lipinski definition) is 4. The molecule has 0 bridgehead atoms. The van der Waals surface area contributed by atoms with Gasteiger partial charge < -0.3 is 15.0 Å². The van der Waals surface area contributed by atoms with Crippen molar-refractivity contribution in [3.05, 3.63) is 112 Å². The third kappa shape index (κ3) is 5.65. The van der Waals surface area contributed by atoms with Crippen LogP contribution in [0.2, 0.25) is 5.02 Å². The summed E-state index contributed by atoms with van der Waals surface area (Å²) in [5.41, 5.74) is 5.94. The molecule has 3 aromatic carbocycles. The molecule has 6 rings (SSSR count). The molecule has 0 saturated carbocycles.